The second kappa shape index (κ2) is 8.95. The molecule has 0 aliphatic carbocycles. The predicted octanol–water partition coefficient (Wildman–Crippen LogP) is 2.14. The van der Waals surface area contributed by atoms with Gasteiger partial charge in [0.15, 0.2) is 0 Å². The van der Waals surface area contributed by atoms with E-state index in [0.717, 1.165) is 38.9 Å². The van der Waals surface area contributed by atoms with Crippen molar-refractivity contribution in [1.82, 2.24) is 9.80 Å². The minimum atomic E-state index is 0.0922. The Morgan fingerprint density at radius 1 is 1.11 bits per heavy atom. The molecule has 18 heavy (non-hydrogen) atoms. The summed E-state index contributed by atoms with van der Waals surface area (Å²) in [6, 6.07) is 0. The zero-order valence-electron chi connectivity index (χ0n) is 12.5. The number of amides is 2. The minimum absolute atomic E-state index is 0.0922. The molecule has 0 bridgehead atoms. The highest BCUT2D eigenvalue weighted by Gasteiger charge is 2.15. The van der Waals surface area contributed by atoms with Gasteiger partial charge in [-0.15, -0.1) is 0 Å². The molecule has 0 rings (SSSR count). The van der Waals surface area contributed by atoms with E-state index in [9.17, 15) is 9.59 Å². The van der Waals surface area contributed by atoms with Gasteiger partial charge < -0.3 is 9.80 Å². The lowest BCUT2D eigenvalue weighted by Crippen LogP contribution is -2.36. The van der Waals surface area contributed by atoms with Gasteiger partial charge in [0.2, 0.25) is 11.8 Å². The molecule has 4 nitrogen and oxygen atoms in total. The molecule has 0 radical (unpaired) electrons. The predicted molar refractivity (Wildman–Crippen MR) is 74.3 cm³/mol. The summed E-state index contributed by atoms with van der Waals surface area (Å²) in [4.78, 5) is 26.8. The summed E-state index contributed by atoms with van der Waals surface area (Å²) in [5.41, 5.74) is 0. The molecule has 0 saturated heterocycles. The van der Waals surface area contributed by atoms with Crippen LogP contribution in [0.2, 0.25) is 0 Å². The Kier molecular flexibility index (Phi) is 8.42. The van der Waals surface area contributed by atoms with E-state index < -0.39 is 0 Å². The van der Waals surface area contributed by atoms with Crippen LogP contribution >= 0.6 is 0 Å². The summed E-state index contributed by atoms with van der Waals surface area (Å²) < 4.78 is 0. The van der Waals surface area contributed by atoms with Crippen LogP contribution in [0.15, 0.2) is 0 Å². The van der Waals surface area contributed by atoms with E-state index in [0.29, 0.717) is 0 Å². The number of hydrogen-bond acceptors (Lipinski definition) is 2. The minimum Gasteiger partial charge on any atom is -0.345 e. The fourth-order valence-corrected chi connectivity index (χ4v) is 1.86. The summed E-state index contributed by atoms with van der Waals surface area (Å²) in [5, 5.41) is 0. The molecular weight excluding hydrogens is 228 g/mol. The Hall–Kier alpha value is -1.06. The van der Waals surface area contributed by atoms with Crippen molar-refractivity contribution in [3.63, 3.8) is 0 Å². The van der Waals surface area contributed by atoms with E-state index in [4.69, 9.17) is 0 Å². The van der Waals surface area contributed by atoms with Gasteiger partial charge in [0.1, 0.15) is 0 Å². The number of nitrogens with zero attached hydrogens (tertiary/aromatic N) is 2. The van der Waals surface area contributed by atoms with Crippen LogP contribution < -0.4 is 0 Å². The fraction of sp³-hybridized carbons (Fsp3) is 0.857. The summed E-state index contributed by atoms with van der Waals surface area (Å²) in [6.45, 7) is 9.90. The molecule has 0 aromatic heterocycles. The molecule has 0 aliphatic rings. The molecule has 1 atom stereocenters. The molecular formula is C14H28N2O2. The second-order valence-corrected chi connectivity index (χ2v) is 4.93. The average molecular weight is 256 g/mol. The smallest absolute Gasteiger partial charge is 0.225 e. The molecule has 0 spiro atoms. The van der Waals surface area contributed by atoms with Crippen molar-refractivity contribution >= 4 is 11.8 Å². The summed E-state index contributed by atoms with van der Waals surface area (Å²) in [5.74, 6) is 0.407. The second-order valence-electron chi connectivity index (χ2n) is 4.93. The highest BCUT2D eigenvalue weighted by Crippen LogP contribution is 2.06. The van der Waals surface area contributed by atoms with Crippen LogP contribution in [0.5, 0.6) is 0 Å². The molecule has 0 aromatic carbocycles. The SMILES string of the molecule is CCCN(CCCN(C)C(=O)C(C)CC)C(C)=O. The van der Waals surface area contributed by atoms with Crippen molar-refractivity contribution < 1.29 is 9.59 Å². The summed E-state index contributed by atoms with van der Waals surface area (Å²) in [6.07, 6.45) is 2.69. The largest absolute Gasteiger partial charge is 0.345 e. The lowest BCUT2D eigenvalue weighted by molar-refractivity contribution is -0.133. The van der Waals surface area contributed by atoms with E-state index in [1.165, 1.54) is 0 Å². The molecule has 1 unspecified atom stereocenters. The maximum Gasteiger partial charge on any atom is 0.225 e. The third-order valence-corrected chi connectivity index (χ3v) is 3.27. The zero-order valence-corrected chi connectivity index (χ0v) is 12.5. The first-order valence-electron chi connectivity index (χ1n) is 6.94. The summed E-state index contributed by atoms with van der Waals surface area (Å²) >= 11 is 0. The normalized spacial score (nSPS) is 12.1. The van der Waals surface area contributed by atoms with Crippen LogP contribution in [0, 0.1) is 5.92 Å². The first-order valence-corrected chi connectivity index (χ1v) is 6.94. The number of hydrogen-bond donors (Lipinski definition) is 0. The lowest BCUT2D eigenvalue weighted by Gasteiger charge is -2.24. The molecule has 2 amide bonds. The van der Waals surface area contributed by atoms with Gasteiger partial charge in [-0.2, -0.15) is 0 Å². The van der Waals surface area contributed by atoms with E-state index in [-0.39, 0.29) is 17.7 Å². The number of carbonyl (C=O) groups excluding carboxylic acids is 2. The van der Waals surface area contributed by atoms with E-state index in [2.05, 4.69) is 6.92 Å². The van der Waals surface area contributed by atoms with Crippen LogP contribution in [0.25, 0.3) is 0 Å². The van der Waals surface area contributed by atoms with Crippen LogP contribution in [0.3, 0.4) is 0 Å². The van der Waals surface area contributed by atoms with Crippen LogP contribution in [0.4, 0.5) is 0 Å². The molecule has 0 N–H and O–H groups in total. The maximum atomic E-state index is 11.9. The van der Waals surface area contributed by atoms with Gasteiger partial charge in [0, 0.05) is 39.5 Å². The van der Waals surface area contributed by atoms with Gasteiger partial charge >= 0.3 is 0 Å². The van der Waals surface area contributed by atoms with Crippen LogP contribution in [-0.4, -0.2) is 48.3 Å². The molecule has 0 fully saturated rings. The lowest BCUT2D eigenvalue weighted by atomic mass is 10.1. The summed E-state index contributed by atoms with van der Waals surface area (Å²) in [7, 11) is 1.84. The Bertz CT molecular complexity index is 267. The standard InChI is InChI=1S/C14H28N2O2/c1-6-9-16(13(4)17)11-8-10-15(5)14(18)12(3)7-2/h12H,6-11H2,1-5H3. The van der Waals surface area contributed by atoms with Crippen molar-refractivity contribution in [2.75, 3.05) is 26.7 Å². The van der Waals surface area contributed by atoms with Gasteiger partial charge in [-0.1, -0.05) is 20.8 Å². The topological polar surface area (TPSA) is 40.6 Å². The monoisotopic (exact) mass is 256 g/mol. The molecule has 106 valence electrons. The fourth-order valence-electron chi connectivity index (χ4n) is 1.86. The Morgan fingerprint density at radius 2 is 1.72 bits per heavy atom. The Morgan fingerprint density at radius 3 is 2.17 bits per heavy atom. The molecule has 4 heteroatoms. The third kappa shape index (κ3) is 6.03. The van der Waals surface area contributed by atoms with Crippen molar-refractivity contribution in [1.29, 1.82) is 0 Å². The Balaban J connectivity index is 4.02. The van der Waals surface area contributed by atoms with Gasteiger partial charge in [-0.3, -0.25) is 9.59 Å². The van der Waals surface area contributed by atoms with Crippen molar-refractivity contribution in [2.24, 2.45) is 5.92 Å². The first-order chi connectivity index (χ1) is 8.43. The van der Waals surface area contributed by atoms with E-state index in [1.54, 1.807) is 11.8 Å². The molecule has 0 aromatic rings. The Labute approximate surface area is 111 Å². The van der Waals surface area contributed by atoms with Gasteiger partial charge in [-0.25, -0.2) is 0 Å². The first kappa shape index (κ1) is 16.9. The molecule has 0 heterocycles. The van der Waals surface area contributed by atoms with Gasteiger partial charge in [0.05, 0.1) is 0 Å². The van der Waals surface area contributed by atoms with E-state index in [1.807, 2.05) is 25.8 Å². The highest BCUT2D eigenvalue weighted by molar-refractivity contribution is 5.78. The molecule has 0 saturated carbocycles. The van der Waals surface area contributed by atoms with Crippen molar-refractivity contribution in [3.8, 4) is 0 Å². The number of rotatable bonds is 8. The quantitative estimate of drug-likeness (QED) is 0.667. The van der Waals surface area contributed by atoms with Gasteiger partial charge in [0.25, 0.3) is 0 Å². The zero-order chi connectivity index (χ0) is 14.1. The van der Waals surface area contributed by atoms with Crippen LogP contribution in [0.1, 0.15) is 47.0 Å². The van der Waals surface area contributed by atoms with Crippen molar-refractivity contribution in [2.45, 2.75) is 47.0 Å². The maximum absolute atomic E-state index is 11.9. The van der Waals surface area contributed by atoms with E-state index >= 15 is 0 Å². The third-order valence-electron chi connectivity index (χ3n) is 3.27. The van der Waals surface area contributed by atoms with Gasteiger partial charge in [-0.05, 0) is 19.3 Å². The molecule has 0 aliphatic heterocycles. The highest BCUT2D eigenvalue weighted by atomic mass is 16.2. The van der Waals surface area contributed by atoms with Crippen LogP contribution in [-0.2, 0) is 9.59 Å². The van der Waals surface area contributed by atoms with Crippen molar-refractivity contribution in [3.05, 3.63) is 0 Å². The average Bonchev–Trinajstić information content (AvgIpc) is 2.35. The number of carbonyl (C=O) groups is 2.